The highest BCUT2D eigenvalue weighted by Crippen LogP contribution is 2.30. The highest BCUT2D eigenvalue weighted by Gasteiger charge is 2.08. The summed E-state index contributed by atoms with van der Waals surface area (Å²) in [6.07, 6.45) is 0. The van der Waals surface area contributed by atoms with Crippen LogP contribution < -0.4 is 29.6 Å². The lowest BCUT2D eigenvalue weighted by Gasteiger charge is -2.15. The highest BCUT2D eigenvalue weighted by molar-refractivity contribution is 5.93. The van der Waals surface area contributed by atoms with Crippen molar-refractivity contribution in [2.24, 2.45) is 4.99 Å². The van der Waals surface area contributed by atoms with E-state index in [0.717, 1.165) is 11.3 Å². The minimum absolute atomic E-state index is 0.577. The van der Waals surface area contributed by atoms with Crippen molar-refractivity contribution < 1.29 is 18.9 Å². The van der Waals surface area contributed by atoms with Gasteiger partial charge in [0.25, 0.3) is 0 Å². The molecule has 7 nitrogen and oxygen atoms in total. The van der Waals surface area contributed by atoms with Gasteiger partial charge >= 0.3 is 0 Å². The molecule has 2 aromatic carbocycles. The molecule has 0 radical (unpaired) electrons. The maximum atomic E-state index is 5.33. The van der Waals surface area contributed by atoms with E-state index in [1.165, 1.54) is 0 Å². The predicted molar refractivity (Wildman–Crippen MR) is 103 cm³/mol. The zero-order valence-corrected chi connectivity index (χ0v) is 15.8. The average Bonchev–Trinajstić information content (AvgIpc) is 2.70. The van der Waals surface area contributed by atoms with Crippen LogP contribution >= 0.6 is 0 Å². The fourth-order valence-corrected chi connectivity index (χ4v) is 2.41. The molecule has 0 aromatic heterocycles. The van der Waals surface area contributed by atoms with Gasteiger partial charge in [0.05, 0.1) is 28.4 Å². The Kier molecular flexibility index (Phi) is 6.96. The van der Waals surface area contributed by atoms with E-state index in [9.17, 15) is 0 Å². The minimum atomic E-state index is 0.577. The largest absolute Gasteiger partial charge is 0.493 e. The standard InChI is InChI=1S/C19H25N3O4/c1-20-19(22-14-7-9-16(24-3)18(11-14)26-5)21-12-13-6-8-15(23-2)17(10-13)25-4/h6-11H,12H2,1-5H3,(H2,20,21,22). The van der Waals surface area contributed by atoms with E-state index in [1.807, 2.05) is 36.4 Å². The van der Waals surface area contributed by atoms with Gasteiger partial charge in [0.15, 0.2) is 29.0 Å². The summed E-state index contributed by atoms with van der Waals surface area (Å²) in [7, 11) is 8.16. The summed E-state index contributed by atoms with van der Waals surface area (Å²) >= 11 is 0. The summed E-state index contributed by atoms with van der Waals surface area (Å²) in [5.74, 6) is 3.34. The van der Waals surface area contributed by atoms with Crippen molar-refractivity contribution in [2.45, 2.75) is 6.54 Å². The number of ether oxygens (including phenoxy) is 4. The second kappa shape index (κ2) is 9.41. The molecule has 140 valence electrons. The number of nitrogens with zero attached hydrogens (tertiary/aromatic N) is 1. The summed E-state index contributed by atoms with van der Waals surface area (Å²) in [6.45, 7) is 0.577. The first-order valence-electron chi connectivity index (χ1n) is 8.05. The predicted octanol–water partition coefficient (Wildman–Crippen LogP) is 2.91. The first-order valence-corrected chi connectivity index (χ1v) is 8.05. The molecule has 0 aliphatic rings. The normalized spacial score (nSPS) is 10.9. The van der Waals surface area contributed by atoms with Crippen LogP contribution in [0.15, 0.2) is 41.4 Å². The molecule has 0 aliphatic heterocycles. The Hall–Kier alpha value is -3.09. The van der Waals surface area contributed by atoms with E-state index in [4.69, 9.17) is 18.9 Å². The zero-order chi connectivity index (χ0) is 18.9. The van der Waals surface area contributed by atoms with Crippen molar-refractivity contribution in [3.63, 3.8) is 0 Å². The molecule has 0 bridgehead atoms. The SMILES string of the molecule is CN=C(NCc1ccc(OC)c(OC)c1)Nc1ccc(OC)c(OC)c1. The van der Waals surface area contributed by atoms with Crippen LogP contribution in [0.4, 0.5) is 5.69 Å². The number of nitrogens with one attached hydrogen (secondary N) is 2. The summed E-state index contributed by atoms with van der Waals surface area (Å²) in [6, 6.07) is 11.4. The van der Waals surface area contributed by atoms with Gasteiger partial charge in [-0.05, 0) is 29.8 Å². The molecule has 26 heavy (non-hydrogen) atoms. The van der Waals surface area contributed by atoms with Crippen LogP contribution in [0.3, 0.4) is 0 Å². The Bertz CT molecular complexity index is 762. The van der Waals surface area contributed by atoms with E-state index in [-0.39, 0.29) is 0 Å². The van der Waals surface area contributed by atoms with Crippen molar-refractivity contribution in [1.82, 2.24) is 5.32 Å². The van der Waals surface area contributed by atoms with Crippen LogP contribution in [0.25, 0.3) is 0 Å². The Morgan fingerprint density at radius 1 is 0.808 bits per heavy atom. The third-order valence-corrected chi connectivity index (χ3v) is 3.78. The van der Waals surface area contributed by atoms with Crippen LogP contribution in [-0.4, -0.2) is 41.4 Å². The van der Waals surface area contributed by atoms with Crippen molar-refractivity contribution in [2.75, 3.05) is 40.8 Å². The number of benzene rings is 2. The lowest BCUT2D eigenvalue weighted by Crippen LogP contribution is -2.30. The Balaban J connectivity index is 2.04. The topological polar surface area (TPSA) is 73.3 Å². The fourth-order valence-electron chi connectivity index (χ4n) is 2.41. The van der Waals surface area contributed by atoms with Gasteiger partial charge in [0.2, 0.25) is 0 Å². The van der Waals surface area contributed by atoms with Crippen LogP contribution in [-0.2, 0) is 6.54 Å². The monoisotopic (exact) mass is 359 g/mol. The van der Waals surface area contributed by atoms with E-state index in [2.05, 4.69) is 15.6 Å². The number of aliphatic imine (C=N–C) groups is 1. The van der Waals surface area contributed by atoms with E-state index < -0.39 is 0 Å². The van der Waals surface area contributed by atoms with Crippen LogP contribution in [0, 0.1) is 0 Å². The lowest BCUT2D eigenvalue weighted by molar-refractivity contribution is 0.354. The molecule has 0 saturated heterocycles. The maximum Gasteiger partial charge on any atom is 0.195 e. The van der Waals surface area contributed by atoms with Gasteiger partial charge in [0.1, 0.15) is 0 Å². The Morgan fingerprint density at radius 2 is 1.38 bits per heavy atom. The van der Waals surface area contributed by atoms with Crippen LogP contribution in [0.2, 0.25) is 0 Å². The third kappa shape index (κ3) is 4.72. The van der Waals surface area contributed by atoms with Crippen molar-refractivity contribution in [3.8, 4) is 23.0 Å². The van der Waals surface area contributed by atoms with E-state index >= 15 is 0 Å². The van der Waals surface area contributed by atoms with Gasteiger partial charge in [-0.15, -0.1) is 0 Å². The quantitative estimate of drug-likeness (QED) is 0.585. The van der Waals surface area contributed by atoms with Gasteiger partial charge < -0.3 is 29.6 Å². The summed E-state index contributed by atoms with van der Waals surface area (Å²) in [5.41, 5.74) is 1.88. The maximum absolute atomic E-state index is 5.33. The van der Waals surface area contributed by atoms with Gasteiger partial charge in [-0.2, -0.15) is 0 Å². The number of anilines is 1. The first-order chi connectivity index (χ1) is 12.6. The molecule has 7 heteroatoms. The molecule has 0 unspecified atom stereocenters. The fraction of sp³-hybridized carbons (Fsp3) is 0.316. The van der Waals surface area contributed by atoms with Crippen molar-refractivity contribution >= 4 is 11.6 Å². The van der Waals surface area contributed by atoms with Crippen molar-refractivity contribution in [1.29, 1.82) is 0 Å². The molecule has 0 amide bonds. The molecule has 0 spiro atoms. The van der Waals surface area contributed by atoms with Crippen LogP contribution in [0.1, 0.15) is 5.56 Å². The van der Waals surface area contributed by atoms with E-state index in [0.29, 0.717) is 35.5 Å². The molecule has 2 rings (SSSR count). The Labute approximate surface area is 153 Å². The number of methoxy groups -OCH3 is 4. The van der Waals surface area contributed by atoms with Gasteiger partial charge in [-0.25, -0.2) is 0 Å². The zero-order valence-electron chi connectivity index (χ0n) is 15.8. The third-order valence-electron chi connectivity index (χ3n) is 3.78. The number of hydrogen-bond acceptors (Lipinski definition) is 5. The number of guanidine groups is 1. The highest BCUT2D eigenvalue weighted by atomic mass is 16.5. The van der Waals surface area contributed by atoms with Crippen LogP contribution in [0.5, 0.6) is 23.0 Å². The molecule has 0 fully saturated rings. The molecular weight excluding hydrogens is 334 g/mol. The van der Waals surface area contributed by atoms with Gasteiger partial charge in [-0.3, -0.25) is 4.99 Å². The lowest BCUT2D eigenvalue weighted by atomic mass is 10.2. The van der Waals surface area contributed by atoms with E-state index in [1.54, 1.807) is 35.5 Å². The summed E-state index contributed by atoms with van der Waals surface area (Å²) in [5, 5.41) is 6.48. The smallest absolute Gasteiger partial charge is 0.195 e. The van der Waals surface area contributed by atoms with Gasteiger partial charge in [-0.1, -0.05) is 6.07 Å². The second-order valence-corrected chi connectivity index (χ2v) is 5.31. The molecular formula is C19H25N3O4. The molecule has 0 atom stereocenters. The second-order valence-electron chi connectivity index (χ2n) is 5.31. The summed E-state index contributed by atoms with van der Waals surface area (Å²) in [4.78, 5) is 4.24. The van der Waals surface area contributed by atoms with Crippen molar-refractivity contribution in [3.05, 3.63) is 42.0 Å². The molecule has 0 saturated carbocycles. The molecule has 2 N–H and O–H groups in total. The molecule has 0 heterocycles. The molecule has 2 aromatic rings. The first kappa shape index (κ1) is 19.2. The average molecular weight is 359 g/mol. The number of hydrogen-bond donors (Lipinski definition) is 2. The molecule has 0 aliphatic carbocycles. The van der Waals surface area contributed by atoms with Gasteiger partial charge in [0, 0.05) is 25.3 Å². The summed E-state index contributed by atoms with van der Waals surface area (Å²) < 4.78 is 21.1. The Morgan fingerprint density at radius 3 is 1.96 bits per heavy atom. The number of rotatable bonds is 7. The minimum Gasteiger partial charge on any atom is -0.493 e.